The Hall–Kier alpha value is -4.21. The lowest BCUT2D eigenvalue weighted by Crippen LogP contribution is -2.19. The minimum atomic E-state index is -4.71. The summed E-state index contributed by atoms with van der Waals surface area (Å²) < 4.78 is 39.2. The zero-order chi connectivity index (χ0) is 25.0. The fraction of sp³-hybridized carbons (Fsp3) is 0.167. The van der Waals surface area contributed by atoms with E-state index in [9.17, 15) is 27.6 Å². The summed E-state index contributed by atoms with van der Waals surface area (Å²) in [5.74, 6) is -1.44. The minimum absolute atomic E-state index is 0.245. The molecule has 3 aromatic rings. The van der Waals surface area contributed by atoms with Gasteiger partial charge in [0.25, 0.3) is 0 Å². The second kappa shape index (κ2) is 9.74. The molecule has 3 N–H and O–H groups in total. The molecule has 1 heterocycles. The molecule has 0 radical (unpaired) electrons. The molecule has 2 aromatic carbocycles. The average molecular weight is 471 g/mol. The molecule has 0 saturated carbocycles. The van der Waals surface area contributed by atoms with Crippen molar-refractivity contribution in [3.63, 3.8) is 0 Å². The van der Waals surface area contributed by atoms with Crippen molar-refractivity contribution in [3.8, 4) is 11.1 Å². The third-order valence-corrected chi connectivity index (χ3v) is 5.14. The van der Waals surface area contributed by atoms with Gasteiger partial charge in [0.15, 0.2) is 5.78 Å². The minimum Gasteiger partial charge on any atom is -0.465 e. The number of hydrogen-bond donors (Lipinski definition) is 3. The number of halogens is 3. The largest absolute Gasteiger partial charge is 0.465 e. The van der Waals surface area contributed by atoms with Crippen molar-refractivity contribution < 1.29 is 32.7 Å². The van der Waals surface area contributed by atoms with Crippen LogP contribution in [0.1, 0.15) is 33.6 Å². The second-order valence-electron chi connectivity index (χ2n) is 7.49. The number of aryl methyl sites for hydroxylation is 1. The molecule has 34 heavy (non-hydrogen) atoms. The zero-order valence-electron chi connectivity index (χ0n) is 18.2. The van der Waals surface area contributed by atoms with E-state index in [-0.39, 0.29) is 11.3 Å². The van der Waals surface area contributed by atoms with Gasteiger partial charge >= 0.3 is 12.3 Å². The Balaban J connectivity index is 1.81. The van der Waals surface area contributed by atoms with Gasteiger partial charge in [0, 0.05) is 17.5 Å². The Bertz CT molecular complexity index is 1270. The Morgan fingerprint density at radius 1 is 0.971 bits per heavy atom. The van der Waals surface area contributed by atoms with Crippen LogP contribution in [0.3, 0.4) is 0 Å². The summed E-state index contributed by atoms with van der Waals surface area (Å²) in [6.07, 6.45) is -5.23. The van der Waals surface area contributed by atoms with E-state index in [0.717, 1.165) is 28.5 Å². The number of hydrogen-bond acceptors (Lipinski definition) is 4. The fourth-order valence-corrected chi connectivity index (χ4v) is 3.30. The van der Waals surface area contributed by atoms with Gasteiger partial charge in [0.1, 0.15) is 0 Å². The summed E-state index contributed by atoms with van der Waals surface area (Å²) in [6.45, 7) is 3.76. The number of pyridine rings is 1. The lowest BCUT2D eigenvalue weighted by Gasteiger charge is -2.14. The quantitative estimate of drug-likeness (QED) is 0.316. The van der Waals surface area contributed by atoms with Crippen LogP contribution in [0.15, 0.2) is 54.7 Å². The van der Waals surface area contributed by atoms with Gasteiger partial charge in [0.2, 0.25) is 5.91 Å². The standard InChI is InChI=1S/C24H20F3N3O4/c1-13-14(2)28-9-8-18(13)15-4-3-5-16(10-15)21(31)12-22(32)29-20-11-17(24(25,26)27)6-7-19(20)30-23(33)34/h3-11,30H,12H2,1-2H3,(H,29,32)(H,33,34). The number of carbonyl (C=O) groups is 3. The first-order valence-electron chi connectivity index (χ1n) is 10.0. The molecule has 0 atom stereocenters. The number of alkyl halides is 3. The molecule has 3 rings (SSSR count). The molecule has 0 aliphatic carbocycles. The molecule has 7 nitrogen and oxygen atoms in total. The smallest absolute Gasteiger partial charge is 0.416 e. The Morgan fingerprint density at radius 2 is 1.71 bits per heavy atom. The van der Waals surface area contributed by atoms with Crippen LogP contribution in [-0.2, 0) is 11.0 Å². The van der Waals surface area contributed by atoms with Crippen molar-refractivity contribution in [2.24, 2.45) is 0 Å². The Morgan fingerprint density at radius 3 is 2.38 bits per heavy atom. The number of ketones is 1. The number of aromatic nitrogens is 1. The van der Waals surface area contributed by atoms with E-state index in [1.54, 1.807) is 18.3 Å². The van der Waals surface area contributed by atoms with Gasteiger partial charge in [-0.2, -0.15) is 13.2 Å². The van der Waals surface area contributed by atoms with E-state index >= 15 is 0 Å². The number of anilines is 2. The maximum absolute atomic E-state index is 13.1. The molecule has 0 aliphatic heterocycles. The molecule has 10 heteroatoms. The predicted molar refractivity (Wildman–Crippen MR) is 120 cm³/mol. The Kier molecular flexibility index (Phi) is 7.00. The third-order valence-electron chi connectivity index (χ3n) is 5.14. The number of amides is 2. The second-order valence-corrected chi connectivity index (χ2v) is 7.49. The van der Waals surface area contributed by atoms with Crippen LogP contribution in [0.4, 0.5) is 29.3 Å². The van der Waals surface area contributed by atoms with Crippen LogP contribution >= 0.6 is 0 Å². The Labute approximate surface area is 192 Å². The van der Waals surface area contributed by atoms with Crippen molar-refractivity contribution in [2.75, 3.05) is 10.6 Å². The first-order valence-corrected chi connectivity index (χ1v) is 10.0. The topological polar surface area (TPSA) is 108 Å². The third kappa shape index (κ3) is 5.77. The summed E-state index contributed by atoms with van der Waals surface area (Å²) >= 11 is 0. The van der Waals surface area contributed by atoms with Crippen molar-refractivity contribution in [1.82, 2.24) is 4.98 Å². The fourth-order valence-electron chi connectivity index (χ4n) is 3.30. The van der Waals surface area contributed by atoms with Crippen LogP contribution in [0, 0.1) is 13.8 Å². The van der Waals surface area contributed by atoms with Gasteiger partial charge in [-0.15, -0.1) is 0 Å². The molecule has 0 unspecified atom stereocenters. The van der Waals surface area contributed by atoms with Crippen molar-refractivity contribution >= 4 is 29.2 Å². The molecule has 0 spiro atoms. The average Bonchev–Trinajstić information content (AvgIpc) is 2.75. The zero-order valence-corrected chi connectivity index (χ0v) is 18.2. The van der Waals surface area contributed by atoms with Crippen molar-refractivity contribution in [2.45, 2.75) is 26.4 Å². The molecule has 2 amide bonds. The summed E-state index contributed by atoms with van der Waals surface area (Å²) in [7, 11) is 0. The summed E-state index contributed by atoms with van der Waals surface area (Å²) in [4.78, 5) is 40.3. The number of carbonyl (C=O) groups excluding carboxylic acids is 2. The van der Waals surface area contributed by atoms with Crippen molar-refractivity contribution in [1.29, 1.82) is 0 Å². The number of carboxylic acid groups (broad SMARTS) is 1. The van der Waals surface area contributed by atoms with Crippen molar-refractivity contribution in [3.05, 3.63) is 77.1 Å². The predicted octanol–water partition coefficient (Wildman–Crippen LogP) is 5.69. The number of nitrogens with zero attached hydrogens (tertiary/aromatic N) is 1. The SMILES string of the molecule is Cc1nccc(-c2cccc(C(=O)CC(=O)Nc3cc(C(F)(F)F)ccc3NC(=O)O)c2)c1C. The first-order chi connectivity index (χ1) is 16.0. The van der Waals surface area contributed by atoms with E-state index in [0.29, 0.717) is 12.1 Å². The van der Waals surface area contributed by atoms with E-state index in [4.69, 9.17) is 5.11 Å². The first kappa shape index (κ1) is 24.4. The summed E-state index contributed by atoms with van der Waals surface area (Å²) in [5.41, 5.74) is 1.89. The number of benzene rings is 2. The molecule has 0 bridgehead atoms. The maximum atomic E-state index is 13.1. The normalized spacial score (nSPS) is 11.1. The van der Waals surface area contributed by atoms with Crippen LogP contribution < -0.4 is 10.6 Å². The highest BCUT2D eigenvalue weighted by Crippen LogP contribution is 2.34. The molecular weight excluding hydrogens is 451 g/mol. The van der Waals surface area contributed by atoms with E-state index in [2.05, 4.69) is 10.3 Å². The van der Waals surface area contributed by atoms with Gasteiger partial charge in [-0.1, -0.05) is 18.2 Å². The van der Waals surface area contributed by atoms with Crippen LogP contribution in [0.2, 0.25) is 0 Å². The van der Waals surface area contributed by atoms with Crippen LogP contribution in [0.5, 0.6) is 0 Å². The lowest BCUT2D eigenvalue weighted by molar-refractivity contribution is -0.137. The summed E-state index contributed by atoms with van der Waals surface area (Å²) in [6, 6.07) is 10.6. The van der Waals surface area contributed by atoms with Gasteiger partial charge in [-0.3, -0.25) is 19.9 Å². The molecular formula is C24H20F3N3O4. The number of rotatable bonds is 6. The molecule has 176 valence electrons. The maximum Gasteiger partial charge on any atom is 0.416 e. The van der Waals surface area contributed by atoms with Gasteiger partial charge in [-0.25, -0.2) is 4.79 Å². The highest BCUT2D eigenvalue weighted by atomic mass is 19.4. The van der Waals surface area contributed by atoms with Crippen LogP contribution in [0.25, 0.3) is 11.1 Å². The molecule has 0 saturated heterocycles. The molecule has 0 fully saturated rings. The lowest BCUT2D eigenvalue weighted by atomic mass is 9.97. The van der Waals surface area contributed by atoms with Gasteiger partial charge < -0.3 is 10.4 Å². The van der Waals surface area contributed by atoms with E-state index in [1.165, 1.54) is 6.07 Å². The highest BCUT2D eigenvalue weighted by molar-refractivity contribution is 6.12. The van der Waals surface area contributed by atoms with Gasteiger partial charge in [0.05, 0.1) is 23.4 Å². The van der Waals surface area contributed by atoms with E-state index < -0.39 is 41.6 Å². The summed E-state index contributed by atoms with van der Waals surface area (Å²) in [5, 5.41) is 13.0. The van der Waals surface area contributed by atoms with Crippen LogP contribution in [-0.4, -0.2) is 27.9 Å². The highest BCUT2D eigenvalue weighted by Gasteiger charge is 2.31. The van der Waals surface area contributed by atoms with Gasteiger partial charge in [-0.05, 0) is 60.9 Å². The number of nitrogens with one attached hydrogen (secondary N) is 2. The van der Waals surface area contributed by atoms with E-state index in [1.807, 2.05) is 31.3 Å². The monoisotopic (exact) mass is 471 g/mol. The molecule has 0 aliphatic rings. The number of Topliss-reactive ketones (excluding diaryl/α,β-unsaturated/α-hetero) is 1. The molecule has 1 aromatic heterocycles.